The SMILES string of the molecule is CC(=O)OC1CC(c2ccccc2)C(C)CC1(C/C=C/c1cccc(C)c1)C1CCCCC1. The molecule has 0 radical (unpaired) electrons. The molecule has 0 N–H and O–H groups in total. The van der Waals surface area contributed by atoms with E-state index < -0.39 is 0 Å². The van der Waals surface area contributed by atoms with E-state index in [9.17, 15) is 4.79 Å². The maximum absolute atomic E-state index is 12.3. The molecule has 2 fully saturated rings. The van der Waals surface area contributed by atoms with Gasteiger partial charge < -0.3 is 4.74 Å². The van der Waals surface area contributed by atoms with Crippen molar-refractivity contribution < 1.29 is 9.53 Å². The lowest BCUT2D eigenvalue weighted by molar-refractivity contribution is -0.166. The molecule has 2 nitrogen and oxygen atoms in total. The molecule has 4 unspecified atom stereocenters. The smallest absolute Gasteiger partial charge is 0.302 e. The highest BCUT2D eigenvalue weighted by atomic mass is 16.5. The quantitative estimate of drug-likeness (QED) is 0.421. The van der Waals surface area contributed by atoms with Crippen molar-refractivity contribution in [3.8, 4) is 0 Å². The fourth-order valence-electron chi connectivity index (χ4n) is 6.78. The van der Waals surface area contributed by atoms with Crippen molar-refractivity contribution in [1.82, 2.24) is 0 Å². The highest BCUT2D eigenvalue weighted by molar-refractivity contribution is 5.66. The van der Waals surface area contributed by atoms with Gasteiger partial charge in [0, 0.05) is 12.3 Å². The maximum atomic E-state index is 12.3. The Labute approximate surface area is 200 Å². The second kappa shape index (κ2) is 10.7. The molecule has 2 aliphatic carbocycles. The van der Waals surface area contributed by atoms with Crippen LogP contribution in [0.25, 0.3) is 6.08 Å². The zero-order chi connectivity index (χ0) is 23.3. The Morgan fingerprint density at radius 3 is 2.52 bits per heavy atom. The molecule has 0 heterocycles. The van der Waals surface area contributed by atoms with Crippen LogP contribution in [-0.2, 0) is 9.53 Å². The topological polar surface area (TPSA) is 26.3 Å². The van der Waals surface area contributed by atoms with Gasteiger partial charge in [0.15, 0.2) is 0 Å². The summed E-state index contributed by atoms with van der Waals surface area (Å²) in [6.07, 6.45) is 14.1. The van der Waals surface area contributed by atoms with E-state index in [0.717, 1.165) is 19.3 Å². The number of esters is 1. The van der Waals surface area contributed by atoms with Crippen molar-refractivity contribution in [3.63, 3.8) is 0 Å². The van der Waals surface area contributed by atoms with E-state index >= 15 is 0 Å². The van der Waals surface area contributed by atoms with Gasteiger partial charge in [0.05, 0.1) is 0 Å². The van der Waals surface area contributed by atoms with Gasteiger partial charge in [-0.05, 0) is 67.9 Å². The zero-order valence-electron chi connectivity index (χ0n) is 20.6. The maximum Gasteiger partial charge on any atom is 0.302 e. The summed E-state index contributed by atoms with van der Waals surface area (Å²) in [5, 5.41) is 0. The van der Waals surface area contributed by atoms with Crippen molar-refractivity contribution in [2.45, 2.75) is 84.2 Å². The van der Waals surface area contributed by atoms with E-state index in [1.54, 1.807) is 6.92 Å². The van der Waals surface area contributed by atoms with Gasteiger partial charge in [0.25, 0.3) is 0 Å². The summed E-state index contributed by atoms with van der Waals surface area (Å²) in [6.45, 7) is 6.15. The molecule has 0 aromatic heterocycles. The van der Waals surface area contributed by atoms with Gasteiger partial charge in [-0.1, -0.05) is 98.5 Å². The van der Waals surface area contributed by atoms with Crippen molar-refractivity contribution in [3.05, 3.63) is 77.4 Å². The zero-order valence-corrected chi connectivity index (χ0v) is 20.6. The van der Waals surface area contributed by atoms with Crippen LogP contribution in [0, 0.1) is 24.2 Å². The van der Waals surface area contributed by atoms with Gasteiger partial charge in [0.1, 0.15) is 6.10 Å². The number of ether oxygens (including phenoxy) is 1. The number of rotatable bonds is 6. The molecule has 0 aliphatic heterocycles. The number of benzene rings is 2. The normalized spacial score (nSPS) is 28.6. The molecule has 4 rings (SSSR count). The first-order valence-electron chi connectivity index (χ1n) is 12.9. The summed E-state index contributed by atoms with van der Waals surface area (Å²) in [4.78, 5) is 12.3. The third-order valence-electron chi connectivity index (χ3n) is 8.30. The predicted molar refractivity (Wildman–Crippen MR) is 137 cm³/mol. The van der Waals surface area contributed by atoms with Gasteiger partial charge in [-0.2, -0.15) is 0 Å². The third kappa shape index (κ3) is 5.60. The van der Waals surface area contributed by atoms with Crippen molar-refractivity contribution in [2.24, 2.45) is 17.3 Å². The largest absolute Gasteiger partial charge is 0.462 e. The number of hydrogen-bond acceptors (Lipinski definition) is 2. The number of carbonyl (C=O) groups is 1. The molecule has 176 valence electrons. The van der Waals surface area contributed by atoms with E-state index in [0.29, 0.717) is 17.8 Å². The Balaban J connectivity index is 1.66. The molecule has 33 heavy (non-hydrogen) atoms. The van der Waals surface area contributed by atoms with E-state index in [4.69, 9.17) is 4.74 Å². The third-order valence-corrected chi connectivity index (χ3v) is 8.30. The van der Waals surface area contributed by atoms with Crippen LogP contribution in [0.15, 0.2) is 60.7 Å². The Morgan fingerprint density at radius 1 is 1.06 bits per heavy atom. The molecular formula is C31H40O2. The Bertz CT molecular complexity index is 940. The fourth-order valence-corrected chi connectivity index (χ4v) is 6.78. The van der Waals surface area contributed by atoms with Crippen LogP contribution >= 0.6 is 0 Å². The lowest BCUT2D eigenvalue weighted by Crippen LogP contribution is -2.50. The molecule has 2 aliphatic rings. The molecule has 4 atom stereocenters. The van der Waals surface area contributed by atoms with Crippen molar-refractivity contribution in [1.29, 1.82) is 0 Å². The highest BCUT2D eigenvalue weighted by Gasteiger charge is 2.52. The molecule has 2 saturated carbocycles. The summed E-state index contributed by atoms with van der Waals surface area (Å²) in [7, 11) is 0. The van der Waals surface area contributed by atoms with Gasteiger partial charge in [0.2, 0.25) is 0 Å². The number of carbonyl (C=O) groups excluding carboxylic acids is 1. The van der Waals surface area contributed by atoms with E-state index in [1.165, 1.54) is 48.8 Å². The second-order valence-electron chi connectivity index (χ2n) is 10.6. The van der Waals surface area contributed by atoms with Crippen LogP contribution in [-0.4, -0.2) is 12.1 Å². The van der Waals surface area contributed by atoms with Crippen molar-refractivity contribution in [2.75, 3.05) is 0 Å². The first kappa shape index (κ1) is 23.8. The molecule has 0 spiro atoms. The lowest BCUT2D eigenvalue weighted by Gasteiger charge is -2.53. The minimum atomic E-state index is -0.135. The van der Waals surface area contributed by atoms with E-state index in [1.807, 2.05) is 0 Å². The van der Waals surface area contributed by atoms with Crippen LogP contribution < -0.4 is 0 Å². The Kier molecular flexibility index (Phi) is 7.73. The van der Waals surface area contributed by atoms with Crippen LogP contribution in [0.5, 0.6) is 0 Å². The van der Waals surface area contributed by atoms with E-state index in [-0.39, 0.29) is 17.5 Å². The van der Waals surface area contributed by atoms with Gasteiger partial charge in [-0.3, -0.25) is 4.79 Å². The summed E-state index contributed by atoms with van der Waals surface area (Å²) in [5.41, 5.74) is 3.95. The summed E-state index contributed by atoms with van der Waals surface area (Å²) in [6, 6.07) is 19.5. The van der Waals surface area contributed by atoms with Crippen LogP contribution in [0.4, 0.5) is 0 Å². The lowest BCUT2D eigenvalue weighted by atomic mass is 9.54. The predicted octanol–water partition coefficient (Wildman–Crippen LogP) is 8.11. The molecule has 0 saturated heterocycles. The first-order chi connectivity index (χ1) is 16.0. The number of hydrogen-bond donors (Lipinski definition) is 0. The first-order valence-corrected chi connectivity index (χ1v) is 12.9. The van der Waals surface area contributed by atoms with Crippen LogP contribution in [0.2, 0.25) is 0 Å². The summed E-state index contributed by atoms with van der Waals surface area (Å²) in [5.74, 6) is 1.49. The molecule has 0 bridgehead atoms. The van der Waals surface area contributed by atoms with Crippen LogP contribution in [0.3, 0.4) is 0 Å². The molecule has 0 amide bonds. The Hall–Kier alpha value is -2.35. The monoisotopic (exact) mass is 444 g/mol. The average molecular weight is 445 g/mol. The second-order valence-corrected chi connectivity index (χ2v) is 10.6. The van der Waals surface area contributed by atoms with Crippen molar-refractivity contribution >= 4 is 12.0 Å². The average Bonchev–Trinajstić information content (AvgIpc) is 2.81. The van der Waals surface area contributed by atoms with Crippen LogP contribution in [0.1, 0.15) is 87.8 Å². The number of allylic oxidation sites excluding steroid dienone is 1. The van der Waals surface area contributed by atoms with Gasteiger partial charge >= 0.3 is 5.97 Å². The minimum Gasteiger partial charge on any atom is -0.462 e. The van der Waals surface area contributed by atoms with Gasteiger partial charge in [-0.25, -0.2) is 0 Å². The van der Waals surface area contributed by atoms with E-state index in [2.05, 4.69) is 80.6 Å². The number of aryl methyl sites for hydroxylation is 1. The summed E-state index contributed by atoms with van der Waals surface area (Å²) >= 11 is 0. The molecule has 2 aromatic carbocycles. The standard InChI is InChI=1S/C31H40O2/c1-23-12-10-13-26(20-23)14-11-19-31(28-17-8-5-9-18-28)22-24(2)29(21-30(31)33-25(3)32)27-15-6-4-7-16-27/h4,6-7,10-16,20,24,28-30H,5,8-9,17-19,21-22H2,1-3H3/b14-11+. The molecule has 2 heteroatoms. The Morgan fingerprint density at radius 2 is 1.82 bits per heavy atom. The summed E-state index contributed by atoms with van der Waals surface area (Å²) < 4.78 is 6.21. The van der Waals surface area contributed by atoms with Gasteiger partial charge in [-0.15, -0.1) is 0 Å². The minimum absolute atomic E-state index is 0.0249. The highest BCUT2D eigenvalue weighted by Crippen LogP contribution is 2.56. The fraction of sp³-hybridized carbons (Fsp3) is 0.516. The molecular weight excluding hydrogens is 404 g/mol. The molecule has 2 aromatic rings.